The number of carbonyl (C=O) groups excluding carboxylic acids is 1. The van der Waals surface area contributed by atoms with E-state index in [2.05, 4.69) is 15.0 Å². The molecule has 0 spiro atoms. The summed E-state index contributed by atoms with van der Waals surface area (Å²) in [5.41, 5.74) is -0.274. The second-order valence-corrected chi connectivity index (χ2v) is 9.16. The fraction of sp³-hybridized carbons (Fsp3) is 0.308. The number of pyridine rings is 1. The molecule has 2 atom stereocenters. The number of carbonyl (C=O) groups is 1. The number of benzene rings is 2. The van der Waals surface area contributed by atoms with Gasteiger partial charge in [-0.05, 0) is 61.7 Å². The van der Waals surface area contributed by atoms with Crippen LogP contribution in [0, 0.1) is 0 Å². The number of anilines is 1. The highest BCUT2D eigenvalue weighted by molar-refractivity contribution is 6.00. The third-order valence-electron chi connectivity index (χ3n) is 6.15. The summed E-state index contributed by atoms with van der Waals surface area (Å²) in [7, 11) is 0. The fourth-order valence-electron chi connectivity index (χ4n) is 4.40. The molecule has 0 radical (unpaired) electrons. The van der Waals surface area contributed by atoms with Gasteiger partial charge < -0.3 is 9.64 Å². The van der Waals surface area contributed by atoms with Gasteiger partial charge in [0.2, 0.25) is 5.91 Å². The van der Waals surface area contributed by atoms with Gasteiger partial charge in [-0.15, -0.1) is 13.2 Å². The lowest BCUT2D eigenvalue weighted by Gasteiger charge is -2.30. The molecule has 4 rings (SSSR count). The summed E-state index contributed by atoms with van der Waals surface area (Å²) in [4.78, 5) is 18.6. The van der Waals surface area contributed by atoms with Crippen molar-refractivity contribution in [2.75, 3.05) is 4.90 Å². The zero-order chi connectivity index (χ0) is 27.0. The zero-order valence-electron chi connectivity index (χ0n) is 19.8. The minimum atomic E-state index is -4.84. The van der Waals surface area contributed by atoms with Crippen LogP contribution in [0.5, 0.6) is 5.75 Å². The molecular weight excluding hydrogens is 500 g/mol. The first-order valence-corrected chi connectivity index (χ1v) is 11.3. The van der Waals surface area contributed by atoms with E-state index in [-0.39, 0.29) is 5.91 Å². The summed E-state index contributed by atoms with van der Waals surface area (Å²) < 4.78 is 80.4. The van der Waals surface area contributed by atoms with Crippen LogP contribution in [-0.2, 0) is 16.5 Å². The van der Waals surface area contributed by atoms with Gasteiger partial charge in [-0.2, -0.15) is 13.2 Å². The van der Waals surface area contributed by atoms with E-state index in [0.29, 0.717) is 17.7 Å². The van der Waals surface area contributed by atoms with Crippen LogP contribution in [0.3, 0.4) is 0 Å². The Labute approximate surface area is 209 Å². The number of halogens is 6. The van der Waals surface area contributed by atoms with Crippen LogP contribution in [0.4, 0.5) is 32.0 Å². The number of ether oxygens (including phenoxy) is 1. The number of nitrogens with zero attached hydrogens (tertiary/aromatic N) is 2. The maximum Gasteiger partial charge on any atom is 0.573 e. The molecule has 1 aromatic heterocycles. The van der Waals surface area contributed by atoms with Crippen LogP contribution in [0.25, 0.3) is 0 Å². The molecule has 1 N–H and O–H groups in total. The molecule has 11 heteroatoms. The summed E-state index contributed by atoms with van der Waals surface area (Å²) in [5.74, 6) is -0.740. The van der Waals surface area contributed by atoms with E-state index in [9.17, 15) is 31.1 Å². The van der Waals surface area contributed by atoms with Gasteiger partial charge in [-0.25, -0.2) is 0 Å². The topological polar surface area (TPSA) is 54.5 Å². The van der Waals surface area contributed by atoms with Gasteiger partial charge in [0.15, 0.2) is 0 Å². The molecule has 2 heterocycles. The Bertz CT molecular complexity index is 1230. The van der Waals surface area contributed by atoms with Crippen LogP contribution in [0.1, 0.15) is 43.1 Å². The Hall–Kier alpha value is -3.60. The summed E-state index contributed by atoms with van der Waals surface area (Å²) >= 11 is 0. The number of hydrogen-bond donors (Lipinski definition) is 1. The second kappa shape index (κ2) is 9.70. The van der Waals surface area contributed by atoms with Gasteiger partial charge in [0.1, 0.15) is 11.4 Å². The van der Waals surface area contributed by atoms with E-state index >= 15 is 0 Å². The van der Waals surface area contributed by atoms with Crippen molar-refractivity contribution in [1.29, 1.82) is 0 Å². The monoisotopic (exact) mass is 523 g/mol. The lowest BCUT2D eigenvalue weighted by molar-refractivity contribution is -0.274. The van der Waals surface area contributed by atoms with Crippen molar-refractivity contribution in [2.45, 2.75) is 50.4 Å². The number of rotatable bonds is 6. The molecular formula is C26H23F6N3O2. The van der Waals surface area contributed by atoms with Crippen molar-refractivity contribution in [1.82, 2.24) is 10.3 Å². The van der Waals surface area contributed by atoms with Gasteiger partial charge in [0, 0.05) is 17.4 Å². The van der Waals surface area contributed by atoms with Gasteiger partial charge in [0.05, 0.1) is 12.1 Å². The van der Waals surface area contributed by atoms with E-state index in [1.807, 2.05) is 30.3 Å². The Morgan fingerprint density at radius 1 is 0.919 bits per heavy atom. The van der Waals surface area contributed by atoms with Crippen LogP contribution in [-0.4, -0.2) is 23.3 Å². The average molecular weight is 523 g/mol. The van der Waals surface area contributed by atoms with Crippen molar-refractivity contribution in [2.24, 2.45) is 0 Å². The highest BCUT2D eigenvalue weighted by Crippen LogP contribution is 2.39. The largest absolute Gasteiger partial charge is 0.573 e. The van der Waals surface area contributed by atoms with Crippen molar-refractivity contribution in [3.63, 3.8) is 0 Å². The Kier molecular flexibility index (Phi) is 6.93. The first-order valence-electron chi connectivity index (χ1n) is 11.3. The first kappa shape index (κ1) is 26.5. The summed E-state index contributed by atoms with van der Waals surface area (Å²) in [6.45, 7) is 3.46. The molecule has 0 bridgehead atoms. The van der Waals surface area contributed by atoms with Crippen LogP contribution >= 0.6 is 0 Å². The third kappa shape index (κ3) is 6.04. The zero-order valence-corrected chi connectivity index (χ0v) is 19.8. The summed E-state index contributed by atoms with van der Waals surface area (Å²) in [6.07, 6.45) is -7.96. The van der Waals surface area contributed by atoms with Gasteiger partial charge >= 0.3 is 12.5 Å². The maximum atomic E-state index is 13.6. The standard InChI is InChI=1S/C26H23F6N3O2/c1-24(2,17-8-13-22(33-15-17)25(27,28)29)34-20-14-21(16-6-4-3-5-7-16)35(23(20)36)18-9-11-19(12-10-18)37-26(30,31)32/h3-13,15,20-21,34H,14H2,1-2H3/t20-,21-/m1/s1. The summed E-state index contributed by atoms with van der Waals surface area (Å²) in [6, 6.07) is 15.2. The quantitative estimate of drug-likeness (QED) is 0.382. The molecule has 37 heavy (non-hydrogen) atoms. The highest BCUT2D eigenvalue weighted by Gasteiger charge is 2.43. The number of aromatic nitrogens is 1. The van der Waals surface area contributed by atoms with E-state index in [0.717, 1.165) is 30.0 Å². The molecule has 1 aliphatic heterocycles. The number of alkyl halides is 6. The lowest BCUT2D eigenvalue weighted by Crippen LogP contribution is -2.47. The van der Waals surface area contributed by atoms with Crippen molar-refractivity contribution >= 4 is 11.6 Å². The normalized spacial score (nSPS) is 18.8. The Morgan fingerprint density at radius 2 is 1.57 bits per heavy atom. The second-order valence-electron chi connectivity index (χ2n) is 9.16. The molecule has 0 aliphatic carbocycles. The van der Waals surface area contributed by atoms with E-state index in [1.165, 1.54) is 23.1 Å². The molecule has 0 saturated carbocycles. The number of hydrogen-bond acceptors (Lipinski definition) is 4. The SMILES string of the molecule is CC(C)(N[C@@H]1C[C@H](c2ccccc2)N(c2ccc(OC(F)(F)F)cc2)C1=O)c1ccc(C(F)(F)F)nc1. The molecule has 0 unspecified atom stereocenters. The maximum absolute atomic E-state index is 13.6. The van der Waals surface area contributed by atoms with E-state index in [1.54, 1.807) is 13.8 Å². The Morgan fingerprint density at radius 3 is 2.11 bits per heavy atom. The smallest absolute Gasteiger partial charge is 0.406 e. The minimum Gasteiger partial charge on any atom is -0.406 e. The first-order chi connectivity index (χ1) is 17.2. The van der Waals surface area contributed by atoms with Gasteiger partial charge in [-0.3, -0.25) is 15.1 Å². The van der Waals surface area contributed by atoms with Gasteiger partial charge in [0.25, 0.3) is 0 Å². The highest BCUT2D eigenvalue weighted by atomic mass is 19.4. The average Bonchev–Trinajstić information content (AvgIpc) is 3.14. The molecule has 1 saturated heterocycles. The number of amides is 1. The van der Waals surface area contributed by atoms with Crippen LogP contribution < -0.4 is 15.0 Å². The molecule has 1 aliphatic rings. The van der Waals surface area contributed by atoms with Crippen LogP contribution in [0.15, 0.2) is 72.9 Å². The lowest BCUT2D eigenvalue weighted by atomic mass is 9.93. The van der Waals surface area contributed by atoms with Crippen molar-refractivity contribution in [3.05, 3.63) is 89.7 Å². The minimum absolute atomic E-state index is 0.321. The summed E-state index contributed by atoms with van der Waals surface area (Å²) in [5, 5.41) is 3.24. The molecule has 3 aromatic rings. The molecule has 196 valence electrons. The molecule has 2 aromatic carbocycles. The number of nitrogens with one attached hydrogen (secondary N) is 1. The van der Waals surface area contributed by atoms with Gasteiger partial charge in [-0.1, -0.05) is 36.4 Å². The predicted octanol–water partition coefficient (Wildman–Crippen LogP) is 6.37. The molecule has 1 amide bonds. The van der Waals surface area contributed by atoms with Crippen molar-refractivity contribution < 1.29 is 35.9 Å². The molecule has 1 fully saturated rings. The third-order valence-corrected chi connectivity index (χ3v) is 6.15. The predicted molar refractivity (Wildman–Crippen MR) is 124 cm³/mol. The Balaban J connectivity index is 1.61. The van der Waals surface area contributed by atoms with Crippen LogP contribution in [0.2, 0.25) is 0 Å². The van der Waals surface area contributed by atoms with E-state index < -0.39 is 41.6 Å². The van der Waals surface area contributed by atoms with E-state index in [4.69, 9.17) is 0 Å². The van der Waals surface area contributed by atoms with Crippen molar-refractivity contribution in [3.8, 4) is 5.75 Å². The fourth-order valence-corrected chi connectivity index (χ4v) is 4.40. The molecule has 5 nitrogen and oxygen atoms in total.